The molecular weight excluding hydrogens is 576 g/mol. The molecule has 0 unspecified atom stereocenters. The van der Waals surface area contributed by atoms with Gasteiger partial charge < -0.3 is 4.74 Å². The van der Waals surface area contributed by atoms with E-state index in [1.54, 1.807) is 6.07 Å². The van der Waals surface area contributed by atoms with Gasteiger partial charge in [0.2, 0.25) is 0 Å². The molecule has 0 spiro atoms. The smallest absolute Gasteiger partial charge is 0.429 e. The Morgan fingerprint density at radius 3 is 1.77 bits per heavy atom. The van der Waals surface area contributed by atoms with Crippen LogP contribution in [0.4, 0.5) is 35.1 Å². The number of hydrogen-bond acceptors (Lipinski definition) is 1. The molecule has 2 fully saturated rings. The lowest BCUT2D eigenvalue weighted by Crippen LogP contribution is -2.25. The lowest BCUT2D eigenvalue weighted by atomic mass is 9.68. The molecule has 0 radical (unpaired) electrons. The van der Waals surface area contributed by atoms with Gasteiger partial charge in [0.25, 0.3) is 0 Å². The van der Waals surface area contributed by atoms with Crippen LogP contribution in [0.3, 0.4) is 0 Å². The minimum absolute atomic E-state index is 0.121. The average Bonchev–Trinajstić information content (AvgIpc) is 2.95. The third-order valence-electron chi connectivity index (χ3n) is 9.03. The third-order valence-corrected chi connectivity index (χ3v) is 9.03. The molecule has 3 aromatic rings. The minimum atomic E-state index is -4.73. The molecule has 9 heteroatoms. The molecule has 5 rings (SSSR count). The minimum Gasteiger partial charge on any atom is -0.429 e. The SMILES string of the molecule is CC=CC1CCC(C2CCC(c3ccc(-c4cc(F)c(C(F)(F)Oc5cc(F)c(F)c(F)c5)c(F)c4)c(F)c3)CC2)CC1. The van der Waals surface area contributed by atoms with Crippen molar-refractivity contribution in [1.29, 1.82) is 0 Å². The Bertz CT molecular complexity index is 1440. The summed E-state index contributed by atoms with van der Waals surface area (Å²) in [6, 6.07) is 5.73. The van der Waals surface area contributed by atoms with Crippen molar-refractivity contribution >= 4 is 0 Å². The van der Waals surface area contributed by atoms with Gasteiger partial charge in [-0.25, -0.2) is 26.3 Å². The van der Waals surface area contributed by atoms with Gasteiger partial charge in [0.05, 0.1) is 0 Å². The quantitative estimate of drug-likeness (QED) is 0.147. The molecule has 1 nitrogen and oxygen atoms in total. The number of allylic oxidation sites excluding steroid dienone is 2. The second-order valence-corrected chi connectivity index (χ2v) is 11.7. The molecule has 230 valence electrons. The zero-order valence-electron chi connectivity index (χ0n) is 23.6. The predicted molar refractivity (Wildman–Crippen MR) is 148 cm³/mol. The maximum absolute atomic E-state index is 15.2. The van der Waals surface area contributed by atoms with E-state index in [2.05, 4.69) is 23.8 Å². The largest absolute Gasteiger partial charge is 0.432 e. The molecule has 0 heterocycles. The fraction of sp³-hybridized carbons (Fsp3) is 0.412. The van der Waals surface area contributed by atoms with Crippen LogP contribution in [-0.2, 0) is 6.11 Å². The molecule has 0 N–H and O–H groups in total. The summed E-state index contributed by atoms with van der Waals surface area (Å²) in [5.74, 6) is -8.78. The first-order chi connectivity index (χ1) is 20.5. The molecule has 2 saturated carbocycles. The number of benzene rings is 3. The van der Waals surface area contributed by atoms with Crippen molar-refractivity contribution in [3.05, 3.63) is 101 Å². The number of rotatable bonds is 7. The van der Waals surface area contributed by atoms with Gasteiger partial charge in [-0.2, -0.15) is 8.78 Å². The van der Waals surface area contributed by atoms with E-state index in [9.17, 15) is 30.7 Å². The van der Waals surface area contributed by atoms with E-state index in [4.69, 9.17) is 0 Å². The van der Waals surface area contributed by atoms with Crippen LogP contribution >= 0.6 is 0 Å². The van der Waals surface area contributed by atoms with Crippen LogP contribution in [0.5, 0.6) is 5.75 Å². The van der Waals surface area contributed by atoms with Crippen molar-refractivity contribution in [3.8, 4) is 16.9 Å². The van der Waals surface area contributed by atoms with Crippen molar-refractivity contribution < 1.29 is 39.9 Å². The van der Waals surface area contributed by atoms with E-state index in [0.717, 1.165) is 37.2 Å². The predicted octanol–water partition coefficient (Wildman–Crippen LogP) is 11.0. The molecule has 3 aromatic carbocycles. The van der Waals surface area contributed by atoms with Crippen molar-refractivity contribution in [1.82, 2.24) is 0 Å². The zero-order valence-corrected chi connectivity index (χ0v) is 23.6. The molecule has 0 atom stereocenters. The third kappa shape index (κ3) is 6.75. The summed E-state index contributed by atoms with van der Waals surface area (Å²) in [4.78, 5) is 0. The molecule has 0 aromatic heterocycles. The van der Waals surface area contributed by atoms with Crippen molar-refractivity contribution in [2.45, 2.75) is 70.3 Å². The first-order valence-electron chi connectivity index (χ1n) is 14.6. The highest BCUT2D eigenvalue weighted by atomic mass is 19.3. The van der Waals surface area contributed by atoms with Crippen LogP contribution < -0.4 is 4.74 Å². The monoisotopic (exact) mass is 608 g/mol. The van der Waals surface area contributed by atoms with Gasteiger partial charge in [-0.15, -0.1) is 0 Å². The van der Waals surface area contributed by atoms with E-state index in [1.165, 1.54) is 37.8 Å². The van der Waals surface area contributed by atoms with Crippen LogP contribution in [0, 0.1) is 52.7 Å². The molecule has 0 saturated heterocycles. The molecule has 0 bridgehead atoms. The second kappa shape index (κ2) is 12.7. The molecule has 2 aliphatic carbocycles. The van der Waals surface area contributed by atoms with Gasteiger partial charge in [-0.1, -0.05) is 24.3 Å². The van der Waals surface area contributed by atoms with Crippen molar-refractivity contribution in [2.24, 2.45) is 17.8 Å². The van der Waals surface area contributed by atoms with Gasteiger partial charge in [-0.3, -0.25) is 0 Å². The summed E-state index contributed by atoms with van der Waals surface area (Å²) < 4.78 is 118. The van der Waals surface area contributed by atoms with Gasteiger partial charge in [0.15, 0.2) is 17.5 Å². The fourth-order valence-corrected chi connectivity index (χ4v) is 6.82. The Kier molecular flexibility index (Phi) is 9.18. The Hall–Kier alpha value is -3.36. The lowest BCUT2D eigenvalue weighted by molar-refractivity contribution is -0.189. The van der Waals surface area contributed by atoms with E-state index in [0.29, 0.717) is 24.0 Å². The average molecular weight is 609 g/mol. The Balaban J connectivity index is 1.27. The van der Waals surface area contributed by atoms with Crippen LogP contribution in [0.1, 0.15) is 75.3 Å². The topological polar surface area (TPSA) is 9.23 Å². The molecule has 0 amide bonds. The lowest BCUT2D eigenvalue weighted by Gasteiger charge is -2.37. The summed E-state index contributed by atoms with van der Waals surface area (Å²) in [6.45, 7) is 2.06. The van der Waals surface area contributed by atoms with E-state index in [-0.39, 0.29) is 29.2 Å². The molecular formula is C34H32F8O. The van der Waals surface area contributed by atoms with Crippen LogP contribution in [0.2, 0.25) is 0 Å². The summed E-state index contributed by atoms with van der Waals surface area (Å²) in [7, 11) is 0. The Labute approximate surface area is 245 Å². The molecule has 43 heavy (non-hydrogen) atoms. The van der Waals surface area contributed by atoms with Crippen molar-refractivity contribution in [2.75, 3.05) is 0 Å². The van der Waals surface area contributed by atoms with Gasteiger partial charge in [0, 0.05) is 17.7 Å². The first kappa shape index (κ1) is 31.1. The summed E-state index contributed by atoms with van der Waals surface area (Å²) >= 11 is 0. The Morgan fingerprint density at radius 2 is 1.23 bits per heavy atom. The van der Waals surface area contributed by atoms with Crippen LogP contribution in [0.25, 0.3) is 11.1 Å². The highest BCUT2D eigenvalue weighted by molar-refractivity contribution is 5.65. The van der Waals surface area contributed by atoms with E-state index < -0.39 is 52.3 Å². The number of alkyl halides is 2. The first-order valence-corrected chi connectivity index (χ1v) is 14.6. The highest BCUT2D eigenvalue weighted by Gasteiger charge is 2.42. The standard InChI is InChI=1S/C34H32F8O/c1-2-3-19-4-6-20(7-5-19)21-8-10-22(11-9-21)23-12-13-26(27(35)14-23)24-15-28(36)32(29(37)16-24)34(41,42)43-25-17-30(38)33(40)31(39)18-25/h2-3,12-22H,4-11H2,1H3. The van der Waals surface area contributed by atoms with Crippen molar-refractivity contribution in [3.63, 3.8) is 0 Å². The number of ether oxygens (including phenoxy) is 1. The Morgan fingerprint density at radius 1 is 0.674 bits per heavy atom. The molecule has 0 aliphatic heterocycles. The summed E-state index contributed by atoms with van der Waals surface area (Å²) in [5, 5.41) is 0. The fourth-order valence-electron chi connectivity index (χ4n) is 6.82. The maximum atomic E-state index is 15.2. The second-order valence-electron chi connectivity index (χ2n) is 11.7. The maximum Gasteiger partial charge on any atom is 0.432 e. The van der Waals surface area contributed by atoms with Gasteiger partial charge in [0.1, 0.15) is 28.8 Å². The summed E-state index contributed by atoms with van der Waals surface area (Å²) in [5.41, 5.74) is -1.54. The summed E-state index contributed by atoms with van der Waals surface area (Å²) in [6.07, 6.45) is 8.61. The van der Waals surface area contributed by atoms with E-state index in [1.807, 2.05) is 0 Å². The van der Waals surface area contributed by atoms with Gasteiger partial charge in [-0.05, 0) is 111 Å². The number of hydrogen-bond donors (Lipinski definition) is 0. The zero-order chi connectivity index (χ0) is 30.9. The van der Waals surface area contributed by atoms with Crippen LogP contribution in [0.15, 0.2) is 54.6 Å². The number of halogens is 8. The highest BCUT2D eigenvalue weighted by Crippen LogP contribution is 2.45. The van der Waals surface area contributed by atoms with E-state index >= 15 is 4.39 Å². The molecule has 2 aliphatic rings. The van der Waals surface area contributed by atoms with Crippen LogP contribution in [-0.4, -0.2) is 0 Å². The van der Waals surface area contributed by atoms with Gasteiger partial charge >= 0.3 is 6.11 Å². The normalized spacial score (nSPS) is 23.1.